The fraction of sp³-hybridized carbons (Fsp3) is 0.250. The van der Waals surface area contributed by atoms with Crippen LogP contribution >= 0.6 is 33.9 Å². The van der Waals surface area contributed by atoms with Crippen LogP contribution in [0.3, 0.4) is 0 Å². The molecule has 1 heterocycles. The normalized spacial score (nSPS) is 12.4. The Morgan fingerprint density at radius 2 is 2.12 bits per heavy atom. The molecule has 0 aliphatic heterocycles. The van der Waals surface area contributed by atoms with Crippen LogP contribution in [0.25, 0.3) is 0 Å². The monoisotopic (exact) mass is 361 g/mol. The third-order valence-electron chi connectivity index (χ3n) is 2.24. The number of hydrogen-bond acceptors (Lipinski definition) is 4. The van der Waals surface area contributed by atoms with Gasteiger partial charge in [-0.2, -0.15) is 0 Å². The highest BCUT2D eigenvalue weighted by Gasteiger charge is 2.14. The van der Waals surface area contributed by atoms with Gasteiger partial charge in [-0.25, -0.2) is 4.98 Å². The van der Waals surface area contributed by atoms with Gasteiger partial charge in [-0.1, -0.05) is 12.1 Å². The van der Waals surface area contributed by atoms with Crippen molar-refractivity contribution in [1.29, 1.82) is 0 Å². The van der Waals surface area contributed by atoms with Crippen molar-refractivity contribution in [2.75, 3.05) is 6.61 Å². The first-order valence-corrected chi connectivity index (χ1v) is 7.12. The minimum atomic E-state index is -0.654. The largest absolute Gasteiger partial charge is 0.494 e. The molecule has 1 aromatic carbocycles. The summed E-state index contributed by atoms with van der Waals surface area (Å²) in [7, 11) is 0. The van der Waals surface area contributed by atoms with Gasteiger partial charge >= 0.3 is 0 Å². The first-order chi connectivity index (χ1) is 8.20. The molecule has 1 unspecified atom stereocenters. The van der Waals surface area contributed by atoms with Crippen LogP contribution in [0.1, 0.15) is 23.6 Å². The number of halogens is 1. The molecule has 0 aliphatic rings. The number of benzene rings is 1. The smallest absolute Gasteiger partial charge is 0.131 e. The fourth-order valence-corrected chi connectivity index (χ4v) is 2.92. The Hall–Kier alpha value is -0.660. The molecule has 0 radical (unpaired) electrons. The molecular weight excluding hydrogens is 349 g/mol. The Bertz CT molecular complexity index is 484. The quantitative estimate of drug-likeness (QED) is 0.851. The summed E-state index contributed by atoms with van der Waals surface area (Å²) in [5, 5.41) is 10.9. The number of hydrogen-bond donors (Lipinski definition) is 1. The third kappa shape index (κ3) is 3.17. The van der Waals surface area contributed by atoms with Crippen molar-refractivity contribution < 1.29 is 9.84 Å². The minimum absolute atomic E-state index is 0.645. The minimum Gasteiger partial charge on any atom is -0.494 e. The van der Waals surface area contributed by atoms with Crippen LogP contribution < -0.4 is 4.74 Å². The highest BCUT2D eigenvalue weighted by molar-refractivity contribution is 14.1. The fourth-order valence-electron chi connectivity index (χ4n) is 1.45. The molecule has 90 valence electrons. The molecule has 0 saturated heterocycles. The number of ether oxygens (including phenoxy) is 1. The highest BCUT2D eigenvalue weighted by Crippen LogP contribution is 2.27. The van der Waals surface area contributed by atoms with E-state index in [0.717, 1.165) is 19.2 Å². The van der Waals surface area contributed by atoms with Gasteiger partial charge in [-0.3, -0.25) is 0 Å². The van der Waals surface area contributed by atoms with E-state index in [4.69, 9.17) is 4.74 Å². The van der Waals surface area contributed by atoms with Crippen molar-refractivity contribution >= 4 is 33.9 Å². The van der Waals surface area contributed by atoms with Crippen LogP contribution in [-0.2, 0) is 0 Å². The van der Waals surface area contributed by atoms with Gasteiger partial charge in [0.05, 0.1) is 15.7 Å². The summed E-state index contributed by atoms with van der Waals surface area (Å²) >= 11 is 3.69. The lowest BCUT2D eigenvalue weighted by molar-refractivity contribution is 0.219. The Kier molecular flexibility index (Phi) is 4.36. The number of rotatable bonds is 4. The highest BCUT2D eigenvalue weighted by atomic mass is 127. The van der Waals surface area contributed by atoms with Crippen molar-refractivity contribution in [3.05, 3.63) is 43.9 Å². The molecule has 17 heavy (non-hydrogen) atoms. The molecule has 0 bridgehead atoms. The van der Waals surface area contributed by atoms with E-state index in [0.29, 0.717) is 6.61 Å². The van der Waals surface area contributed by atoms with E-state index >= 15 is 0 Å². The lowest BCUT2D eigenvalue weighted by atomic mass is 10.1. The summed E-state index contributed by atoms with van der Waals surface area (Å²) in [5.74, 6) is 0.817. The summed E-state index contributed by atoms with van der Waals surface area (Å²) < 4.78 is 6.43. The van der Waals surface area contributed by atoms with Crippen molar-refractivity contribution in [3.8, 4) is 5.75 Å². The van der Waals surface area contributed by atoms with Gasteiger partial charge in [0.2, 0.25) is 0 Å². The van der Waals surface area contributed by atoms with Crippen LogP contribution in [0.4, 0.5) is 0 Å². The second-order valence-electron chi connectivity index (χ2n) is 3.41. The van der Waals surface area contributed by atoms with E-state index in [9.17, 15) is 5.11 Å². The van der Waals surface area contributed by atoms with Gasteiger partial charge in [0, 0.05) is 0 Å². The Morgan fingerprint density at radius 3 is 2.65 bits per heavy atom. The van der Waals surface area contributed by atoms with Gasteiger partial charge in [-0.05, 0) is 47.2 Å². The van der Waals surface area contributed by atoms with E-state index in [1.54, 1.807) is 6.20 Å². The van der Waals surface area contributed by atoms with E-state index in [1.807, 2.05) is 31.2 Å². The molecule has 3 nitrogen and oxygen atoms in total. The summed E-state index contributed by atoms with van der Waals surface area (Å²) in [5.41, 5.74) is 0.833. The van der Waals surface area contributed by atoms with Gasteiger partial charge in [0.15, 0.2) is 0 Å². The standard InChI is InChI=1S/C12H12INO2S/c1-2-16-9-5-3-8(4-6-9)11(15)12-14-7-10(13)17-12/h3-7,11,15H,2H2,1H3. The van der Waals surface area contributed by atoms with Gasteiger partial charge in [-0.15, -0.1) is 11.3 Å². The Morgan fingerprint density at radius 1 is 1.41 bits per heavy atom. The Labute approximate surface area is 118 Å². The molecule has 0 spiro atoms. The number of aromatic nitrogens is 1. The SMILES string of the molecule is CCOc1ccc(C(O)c2ncc(I)s2)cc1. The number of aliphatic hydroxyl groups is 1. The molecule has 2 rings (SSSR count). The van der Waals surface area contributed by atoms with Crippen molar-refractivity contribution in [3.63, 3.8) is 0 Å². The lowest BCUT2D eigenvalue weighted by Gasteiger charge is -2.09. The second-order valence-corrected chi connectivity index (χ2v) is 6.36. The molecular formula is C12H12INO2S. The third-order valence-corrected chi connectivity index (χ3v) is 4.01. The zero-order valence-electron chi connectivity index (χ0n) is 9.26. The maximum absolute atomic E-state index is 10.1. The predicted octanol–water partition coefficient (Wildman–Crippen LogP) is 3.23. The van der Waals surface area contributed by atoms with E-state index in [2.05, 4.69) is 27.6 Å². The van der Waals surface area contributed by atoms with Crippen LogP contribution in [-0.4, -0.2) is 16.7 Å². The van der Waals surface area contributed by atoms with Crippen LogP contribution in [0, 0.1) is 2.88 Å². The first-order valence-electron chi connectivity index (χ1n) is 5.22. The van der Waals surface area contributed by atoms with E-state index < -0.39 is 6.10 Å². The Balaban J connectivity index is 2.16. The summed E-state index contributed by atoms with van der Waals surface area (Å²) in [6.45, 7) is 2.59. The predicted molar refractivity (Wildman–Crippen MR) is 76.5 cm³/mol. The van der Waals surface area contributed by atoms with Gasteiger partial charge in [0.1, 0.15) is 16.9 Å². The molecule has 0 aliphatic carbocycles. The molecule has 1 N–H and O–H groups in total. The topological polar surface area (TPSA) is 42.4 Å². The molecule has 5 heteroatoms. The van der Waals surface area contributed by atoms with Gasteiger partial charge in [0.25, 0.3) is 0 Å². The average Bonchev–Trinajstić information content (AvgIpc) is 2.76. The second kappa shape index (κ2) is 5.79. The summed E-state index contributed by atoms with van der Waals surface area (Å²) in [6.07, 6.45) is 1.11. The maximum Gasteiger partial charge on any atom is 0.131 e. The van der Waals surface area contributed by atoms with Crippen molar-refractivity contribution in [1.82, 2.24) is 4.98 Å². The first kappa shape index (κ1) is 12.8. The van der Waals surface area contributed by atoms with Crippen molar-refractivity contribution in [2.45, 2.75) is 13.0 Å². The number of aliphatic hydroxyl groups excluding tert-OH is 1. The van der Waals surface area contributed by atoms with Crippen LogP contribution in [0.2, 0.25) is 0 Å². The lowest BCUT2D eigenvalue weighted by Crippen LogP contribution is -1.99. The molecule has 2 aromatic rings. The summed E-state index contributed by atoms with van der Waals surface area (Å²) in [4.78, 5) is 4.18. The maximum atomic E-state index is 10.1. The van der Waals surface area contributed by atoms with E-state index in [1.165, 1.54) is 11.3 Å². The molecule has 0 fully saturated rings. The molecule has 0 saturated carbocycles. The van der Waals surface area contributed by atoms with E-state index in [-0.39, 0.29) is 0 Å². The van der Waals surface area contributed by atoms with Crippen LogP contribution in [0.15, 0.2) is 30.5 Å². The zero-order valence-corrected chi connectivity index (χ0v) is 12.2. The molecule has 1 atom stereocenters. The zero-order chi connectivity index (χ0) is 12.3. The molecule has 0 amide bonds. The number of nitrogens with zero attached hydrogens (tertiary/aromatic N) is 1. The van der Waals surface area contributed by atoms with Crippen LogP contribution in [0.5, 0.6) is 5.75 Å². The van der Waals surface area contributed by atoms with Crippen molar-refractivity contribution in [2.24, 2.45) is 0 Å². The van der Waals surface area contributed by atoms with Gasteiger partial charge < -0.3 is 9.84 Å². The average molecular weight is 361 g/mol. The number of thiazole rings is 1. The molecule has 1 aromatic heterocycles. The summed E-state index contributed by atoms with van der Waals surface area (Å²) in [6, 6.07) is 7.45.